The van der Waals surface area contributed by atoms with Gasteiger partial charge in [-0.2, -0.15) is 0 Å². The van der Waals surface area contributed by atoms with E-state index >= 15 is 0 Å². The van der Waals surface area contributed by atoms with Gasteiger partial charge in [0, 0.05) is 75.5 Å². The van der Waals surface area contributed by atoms with Crippen molar-refractivity contribution in [3.05, 3.63) is 0 Å². The molecule has 0 fully saturated rings. The van der Waals surface area contributed by atoms with E-state index in [2.05, 4.69) is 0 Å². The fourth-order valence-electron chi connectivity index (χ4n) is 0. The Bertz CT molecular complexity index is 6.49. The summed E-state index contributed by atoms with van der Waals surface area (Å²) in [5.74, 6) is 0. The Hall–Kier alpha value is 2.28. The minimum Gasteiger partial charge on any atom is -0.412 e. The molecule has 0 atom stereocenters. The molecule has 8 heavy (non-hydrogen) atoms. The molecule has 0 amide bonds. The molecule has 0 saturated heterocycles. The zero-order valence-electron chi connectivity index (χ0n) is 4.41. The minimum atomic E-state index is 0. The van der Waals surface area contributed by atoms with Crippen LogP contribution in [-0.4, -0.2) is 108 Å². The van der Waals surface area contributed by atoms with E-state index in [-0.39, 0.29) is 108 Å². The molecule has 8 heteroatoms. The quantitative estimate of drug-likeness (QED) is 0.327. The Kier molecular flexibility index (Phi) is 2610. The molecule has 12 N–H and O–H groups in total. The van der Waals surface area contributed by atoms with Crippen LogP contribution in [0.3, 0.4) is 0 Å². The summed E-state index contributed by atoms with van der Waals surface area (Å²) in [7, 11) is 0. The molecule has 0 spiro atoms. The Morgan fingerprint density at radius 3 is 0.250 bits per heavy atom. The minimum absolute atomic E-state index is 0. The Morgan fingerprint density at radius 2 is 0.250 bits per heavy atom. The molecule has 0 aromatic carbocycles. The van der Waals surface area contributed by atoms with Crippen molar-refractivity contribution >= 4 is 75.5 Å². The predicted molar refractivity (Wildman–Crippen MR) is 33.2 cm³/mol. The van der Waals surface area contributed by atoms with Crippen LogP contribution in [-0.2, 0) is 0 Å². The first-order valence-corrected chi connectivity index (χ1v) is 0. The zero-order valence-corrected chi connectivity index (χ0v) is 8.83. The molecule has 0 heterocycles. The molecular formula is H12Ca2O6. The molecule has 0 unspecified atom stereocenters. The van der Waals surface area contributed by atoms with E-state index in [0.29, 0.717) is 0 Å². The molecule has 0 saturated carbocycles. The largest absolute Gasteiger partial charge is 0.412 e. The third kappa shape index (κ3) is 84.4. The number of hydrogen-bond donors (Lipinski definition) is 0. The fourth-order valence-corrected chi connectivity index (χ4v) is 0. The SMILES string of the molecule is O.O.O.O.O.O.[Ca].[Ca]. The molecule has 52 valence electrons. The van der Waals surface area contributed by atoms with Crippen LogP contribution in [0.2, 0.25) is 0 Å². The van der Waals surface area contributed by atoms with Gasteiger partial charge in [0.1, 0.15) is 0 Å². The predicted octanol–water partition coefficient (Wildman–Crippen LogP) is -5.71. The smallest absolute Gasteiger partial charge is 0 e. The fraction of sp³-hybridized carbons (Fsp3) is 0. The van der Waals surface area contributed by atoms with Crippen LogP contribution in [0.15, 0.2) is 0 Å². The van der Waals surface area contributed by atoms with Crippen molar-refractivity contribution in [1.29, 1.82) is 0 Å². The van der Waals surface area contributed by atoms with Gasteiger partial charge in [0.15, 0.2) is 0 Å². The molecule has 0 bridgehead atoms. The van der Waals surface area contributed by atoms with Crippen LogP contribution in [0, 0.1) is 0 Å². The van der Waals surface area contributed by atoms with Crippen molar-refractivity contribution in [2.45, 2.75) is 0 Å². The summed E-state index contributed by atoms with van der Waals surface area (Å²) in [6.07, 6.45) is 0. The monoisotopic (exact) mass is 188 g/mol. The van der Waals surface area contributed by atoms with Gasteiger partial charge in [-0.1, -0.05) is 0 Å². The van der Waals surface area contributed by atoms with Gasteiger partial charge in [0.2, 0.25) is 0 Å². The summed E-state index contributed by atoms with van der Waals surface area (Å²) in [4.78, 5) is 0. The third-order valence-corrected chi connectivity index (χ3v) is 0. The van der Waals surface area contributed by atoms with E-state index in [1.165, 1.54) is 0 Å². The molecule has 0 aliphatic heterocycles. The van der Waals surface area contributed by atoms with Crippen LogP contribution in [0.5, 0.6) is 0 Å². The normalized spacial score (nSPS) is 0. The standard InChI is InChI=1S/2Ca.6H2O/h;;6*1H2. The van der Waals surface area contributed by atoms with Gasteiger partial charge < -0.3 is 32.9 Å². The molecule has 4 radical (unpaired) electrons. The van der Waals surface area contributed by atoms with Gasteiger partial charge in [0.05, 0.1) is 0 Å². The van der Waals surface area contributed by atoms with Crippen LogP contribution < -0.4 is 0 Å². The van der Waals surface area contributed by atoms with E-state index < -0.39 is 0 Å². The number of hydrogen-bond acceptors (Lipinski definition) is 0. The second-order valence-corrected chi connectivity index (χ2v) is 0. The molecule has 0 aliphatic carbocycles. The second kappa shape index (κ2) is 122. The van der Waals surface area contributed by atoms with E-state index in [1.54, 1.807) is 0 Å². The second-order valence-electron chi connectivity index (χ2n) is 0. The van der Waals surface area contributed by atoms with Crippen LogP contribution in [0.1, 0.15) is 0 Å². The molecule has 6 nitrogen and oxygen atoms in total. The van der Waals surface area contributed by atoms with Gasteiger partial charge in [0.25, 0.3) is 0 Å². The summed E-state index contributed by atoms with van der Waals surface area (Å²) in [5, 5.41) is 0. The molecule has 0 rings (SSSR count). The van der Waals surface area contributed by atoms with Gasteiger partial charge >= 0.3 is 0 Å². The Labute approximate surface area is 106 Å². The van der Waals surface area contributed by atoms with Gasteiger partial charge in [-0.3, -0.25) is 0 Å². The van der Waals surface area contributed by atoms with Gasteiger partial charge in [-0.15, -0.1) is 0 Å². The molecule has 0 aliphatic rings. The first-order valence-electron chi connectivity index (χ1n) is 0. The molecular weight excluding hydrogens is 176 g/mol. The van der Waals surface area contributed by atoms with E-state index in [1.807, 2.05) is 0 Å². The summed E-state index contributed by atoms with van der Waals surface area (Å²) in [6.45, 7) is 0. The topological polar surface area (TPSA) is 189 Å². The maximum Gasteiger partial charge on any atom is 0 e. The van der Waals surface area contributed by atoms with E-state index in [4.69, 9.17) is 0 Å². The summed E-state index contributed by atoms with van der Waals surface area (Å²) in [5.41, 5.74) is 0. The average Bonchev–Trinajstić information content (AvgIpc) is 0. The van der Waals surface area contributed by atoms with Crippen LogP contribution >= 0.6 is 0 Å². The van der Waals surface area contributed by atoms with Gasteiger partial charge in [-0.25, -0.2) is 0 Å². The molecule has 0 aromatic rings. The van der Waals surface area contributed by atoms with Crippen LogP contribution in [0.4, 0.5) is 0 Å². The van der Waals surface area contributed by atoms with Gasteiger partial charge in [-0.05, 0) is 0 Å². The average molecular weight is 188 g/mol. The van der Waals surface area contributed by atoms with Crippen molar-refractivity contribution < 1.29 is 32.9 Å². The maximum absolute atomic E-state index is 0. The molecule has 0 aromatic heterocycles. The Morgan fingerprint density at radius 1 is 0.250 bits per heavy atom. The summed E-state index contributed by atoms with van der Waals surface area (Å²) < 4.78 is 0. The van der Waals surface area contributed by atoms with Crippen molar-refractivity contribution in [2.24, 2.45) is 0 Å². The summed E-state index contributed by atoms with van der Waals surface area (Å²) >= 11 is 0. The zero-order chi connectivity index (χ0) is 0. The van der Waals surface area contributed by atoms with Crippen molar-refractivity contribution in [3.63, 3.8) is 0 Å². The first kappa shape index (κ1) is 170. The van der Waals surface area contributed by atoms with E-state index in [0.717, 1.165) is 0 Å². The van der Waals surface area contributed by atoms with Crippen molar-refractivity contribution in [3.8, 4) is 0 Å². The maximum atomic E-state index is 0. The number of rotatable bonds is 0. The Balaban J connectivity index is 0. The van der Waals surface area contributed by atoms with Crippen molar-refractivity contribution in [2.75, 3.05) is 0 Å². The van der Waals surface area contributed by atoms with Crippen LogP contribution in [0.25, 0.3) is 0 Å². The summed E-state index contributed by atoms with van der Waals surface area (Å²) in [6, 6.07) is 0. The van der Waals surface area contributed by atoms with E-state index in [9.17, 15) is 0 Å². The van der Waals surface area contributed by atoms with Crippen molar-refractivity contribution in [1.82, 2.24) is 0 Å². The first-order chi connectivity index (χ1) is 0. The third-order valence-electron chi connectivity index (χ3n) is 0.